The van der Waals surface area contributed by atoms with Gasteiger partial charge in [0.2, 0.25) is 17.6 Å². The number of rotatable bonds is 16. The molecule has 0 aromatic rings. The number of hydrogen-bond acceptors (Lipinski definition) is 9. The van der Waals surface area contributed by atoms with Crippen LogP contribution in [0.5, 0.6) is 0 Å². The highest BCUT2D eigenvalue weighted by Crippen LogP contribution is 2.65. The summed E-state index contributed by atoms with van der Waals surface area (Å²) in [5.41, 5.74) is -2.04. The summed E-state index contributed by atoms with van der Waals surface area (Å²) in [5, 5.41) is 11.5. The number of fused-ring (bicyclic) bond motifs is 1. The molecule has 5 fully saturated rings. The largest absolute Gasteiger partial charge is 0.353 e. The molecule has 312 valence electrons. The van der Waals surface area contributed by atoms with E-state index in [-0.39, 0.29) is 42.1 Å². The lowest BCUT2D eigenvalue weighted by Crippen LogP contribution is -2.64. The first-order valence-corrected chi connectivity index (χ1v) is 22.3. The molecule has 0 bridgehead atoms. The van der Waals surface area contributed by atoms with E-state index >= 15 is 0 Å². The molecule has 3 aliphatic carbocycles. The van der Waals surface area contributed by atoms with E-state index in [1.165, 1.54) is 4.90 Å². The summed E-state index contributed by atoms with van der Waals surface area (Å²) in [6, 6.07) is -3.61. The summed E-state index contributed by atoms with van der Waals surface area (Å²) in [5.74, 6) is -2.69. The fraction of sp³-hybridized carbons (Fsp3) is 0.875. The van der Waals surface area contributed by atoms with E-state index in [0.717, 1.165) is 51.4 Å². The second-order valence-corrected chi connectivity index (χ2v) is 21.8. The van der Waals surface area contributed by atoms with Crippen molar-refractivity contribution in [2.24, 2.45) is 22.7 Å². The first-order valence-electron chi connectivity index (χ1n) is 20.6. The molecule has 0 aromatic carbocycles. The summed E-state index contributed by atoms with van der Waals surface area (Å²) >= 11 is 0. The van der Waals surface area contributed by atoms with Crippen LogP contribution >= 0.6 is 0 Å². The minimum atomic E-state index is -3.80. The Kier molecular flexibility index (Phi) is 13.1. The smallest absolute Gasteiger partial charge is 0.315 e. The van der Waals surface area contributed by atoms with Gasteiger partial charge >= 0.3 is 6.03 Å². The van der Waals surface area contributed by atoms with Crippen molar-refractivity contribution in [1.82, 2.24) is 26.2 Å². The average Bonchev–Trinajstić information content (AvgIpc) is 3.96. The number of ketones is 1. The highest BCUT2D eigenvalue weighted by atomic mass is 32.2. The van der Waals surface area contributed by atoms with Gasteiger partial charge in [0.15, 0.2) is 16.1 Å². The number of sulfone groups is 1. The van der Waals surface area contributed by atoms with Crippen LogP contribution in [0.4, 0.5) is 4.79 Å². The van der Waals surface area contributed by atoms with Crippen LogP contribution in [0.15, 0.2) is 0 Å². The second kappa shape index (κ2) is 16.6. The number of ether oxygens (including phenoxy) is 2. The van der Waals surface area contributed by atoms with Crippen molar-refractivity contribution < 1.29 is 41.9 Å². The van der Waals surface area contributed by atoms with Gasteiger partial charge in [-0.1, -0.05) is 67.2 Å². The number of nitrogens with zero attached hydrogens (tertiary/aromatic N) is 1. The van der Waals surface area contributed by atoms with Gasteiger partial charge < -0.3 is 35.6 Å². The molecule has 15 heteroatoms. The molecule has 5 rings (SSSR count). The molecule has 2 unspecified atom stereocenters. The van der Waals surface area contributed by atoms with E-state index in [9.17, 15) is 32.4 Å². The van der Waals surface area contributed by atoms with E-state index in [1.54, 1.807) is 13.8 Å². The number of carbonyl (C=O) groups excluding carboxylic acids is 5. The van der Waals surface area contributed by atoms with Gasteiger partial charge in [-0.05, 0) is 87.9 Å². The molecule has 3 saturated carbocycles. The van der Waals surface area contributed by atoms with Crippen LogP contribution in [-0.2, 0) is 38.5 Å². The Morgan fingerprint density at radius 2 is 1.60 bits per heavy atom. The van der Waals surface area contributed by atoms with E-state index < -0.39 is 79.5 Å². The van der Waals surface area contributed by atoms with Crippen LogP contribution in [0.3, 0.4) is 0 Å². The molecule has 2 heterocycles. The van der Waals surface area contributed by atoms with Gasteiger partial charge in [0.05, 0.1) is 28.7 Å². The number of nitrogens with one attached hydrogen (secondary N) is 4. The number of Topliss-reactive ketones (excluding diaryl/α,β-unsaturated/α-hetero) is 1. The summed E-state index contributed by atoms with van der Waals surface area (Å²) < 4.78 is 38.4. The topological polar surface area (TPSA) is 189 Å². The molecule has 5 amide bonds. The molecule has 2 saturated heterocycles. The maximum Gasteiger partial charge on any atom is 0.315 e. The minimum Gasteiger partial charge on any atom is -0.353 e. The third-order valence-corrected chi connectivity index (χ3v) is 15.5. The van der Waals surface area contributed by atoms with Crippen LogP contribution in [0.1, 0.15) is 132 Å². The average molecular weight is 794 g/mol. The first-order chi connectivity index (χ1) is 25.6. The molecule has 0 radical (unpaired) electrons. The standard InChI is InChI=1S/C40H67N5O9S/c1-9-15-27(31(46)34(48)41-25-17-18-25)42-33(47)30-29-26(39(29,7)8)22-45(30)35(49)32(37(2,3)4)43-36(50)44-40(19-12-10-13-20-40)24-55(51,52)38(5,6)23-54-28-16-11-14-21-53-28/h25-30,32H,9-24H2,1-8H3,(H,41,48)(H,42,47)(H2,43,44,50)/t26-,27?,28?,29-,30-,32+/m0/s1. The fourth-order valence-corrected chi connectivity index (χ4v) is 10.5. The number of carbonyl (C=O) groups is 5. The normalized spacial score (nSPS) is 27.2. The molecular weight excluding hydrogens is 727 g/mol. The maximum atomic E-state index is 14.6. The highest BCUT2D eigenvalue weighted by molar-refractivity contribution is 7.92. The number of hydrogen-bond donors (Lipinski definition) is 4. The van der Waals surface area contributed by atoms with Crippen molar-refractivity contribution in [3.63, 3.8) is 0 Å². The number of amides is 5. The van der Waals surface area contributed by atoms with Gasteiger partial charge in [-0.25, -0.2) is 13.2 Å². The lowest BCUT2D eigenvalue weighted by Gasteiger charge is -2.42. The van der Waals surface area contributed by atoms with Gasteiger partial charge in [-0.3, -0.25) is 19.2 Å². The molecular formula is C40H67N5O9S. The van der Waals surface area contributed by atoms with Crippen molar-refractivity contribution in [2.45, 2.75) is 173 Å². The quantitative estimate of drug-likeness (QED) is 0.169. The van der Waals surface area contributed by atoms with Crippen molar-refractivity contribution in [3.05, 3.63) is 0 Å². The van der Waals surface area contributed by atoms with E-state index in [2.05, 4.69) is 35.1 Å². The fourth-order valence-electron chi connectivity index (χ4n) is 8.81. The van der Waals surface area contributed by atoms with Gasteiger partial charge in [-0.2, -0.15) is 0 Å². The zero-order chi connectivity index (χ0) is 40.6. The number of urea groups is 1. The Morgan fingerprint density at radius 3 is 2.18 bits per heavy atom. The van der Waals surface area contributed by atoms with Crippen LogP contribution < -0.4 is 21.3 Å². The lowest BCUT2D eigenvalue weighted by molar-refractivity contribution is -0.165. The summed E-state index contributed by atoms with van der Waals surface area (Å²) in [6.07, 6.45) is 8.06. The Balaban J connectivity index is 1.30. The summed E-state index contributed by atoms with van der Waals surface area (Å²) in [6.45, 7) is 15.6. The molecule has 6 atom stereocenters. The van der Waals surface area contributed by atoms with Gasteiger partial charge in [0.1, 0.15) is 12.1 Å². The summed E-state index contributed by atoms with van der Waals surface area (Å²) in [4.78, 5) is 70.1. The predicted molar refractivity (Wildman–Crippen MR) is 207 cm³/mol. The highest BCUT2D eigenvalue weighted by Gasteiger charge is 2.70. The number of likely N-dealkylation sites (tertiary alicyclic amines) is 1. The predicted octanol–water partition coefficient (Wildman–Crippen LogP) is 3.76. The molecule has 0 spiro atoms. The van der Waals surface area contributed by atoms with E-state index in [1.807, 2.05) is 27.7 Å². The third kappa shape index (κ3) is 10.0. The molecule has 0 aromatic heterocycles. The summed E-state index contributed by atoms with van der Waals surface area (Å²) in [7, 11) is -3.80. The van der Waals surface area contributed by atoms with Crippen molar-refractivity contribution in [1.29, 1.82) is 0 Å². The van der Waals surface area contributed by atoms with E-state index in [4.69, 9.17) is 9.47 Å². The maximum absolute atomic E-state index is 14.6. The van der Waals surface area contributed by atoms with Crippen molar-refractivity contribution in [2.75, 3.05) is 25.5 Å². The van der Waals surface area contributed by atoms with Gasteiger partial charge in [0.25, 0.3) is 5.91 Å². The third-order valence-electron chi connectivity index (χ3n) is 12.7. The van der Waals surface area contributed by atoms with Crippen LogP contribution in [0.25, 0.3) is 0 Å². The zero-order valence-electron chi connectivity index (χ0n) is 34.4. The molecule has 5 aliphatic rings. The Hall–Kier alpha value is -2.78. The minimum absolute atomic E-state index is 0.00486. The van der Waals surface area contributed by atoms with Gasteiger partial charge in [0, 0.05) is 19.2 Å². The van der Waals surface area contributed by atoms with Crippen LogP contribution in [0, 0.1) is 22.7 Å². The van der Waals surface area contributed by atoms with Crippen LogP contribution in [0.2, 0.25) is 0 Å². The van der Waals surface area contributed by atoms with E-state index in [0.29, 0.717) is 32.4 Å². The second-order valence-electron chi connectivity index (χ2n) is 19.2. The Labute approximate surface area is 328 Å². The molecule has 2 aliphatic heterocycles. The lowest BCUT2D eigenvalue weighted by atomic mass is 9.83. The van der Waals surface area contributed by atoms with Gasteiger partial charge in [-0.15, -0.1) is 0 Å². The zero-order valence-corrected chi connectivity index (χ0v) is 35.2. The Morgan fingerprint density at radius 1 is 0.927 bits per heavy atom. The van der Waals surface area contributed by atoms with Crippen molar-refractivity contribution in [3.8, 4) is 0 Å². The Bertz CT molecular complexity index is 1560. The first kappa shape index (κ1) is 43.3. The van der Waals surface area contributed by atoms with Crippen LogP contribution in [-0.4, -0.2) is 109 Å². The van der Waals surface area contributed by atoms with Crippen molar-refractivity contribution >= 4 is 39.4 Å². The molecule has 55 heavy (non-hydrogen) atoms. The molecule has 4 N–H and O–H groups in total. The number of piperidine rings is 1. The monoisotopic (exact) mass is 793 g/mol. The SMILES string of the molecule is CCCC(NC(=O)[C@@H]1[C@@H]2[C@H](CN1C(=O)[C@@H](NC(=O)NC1(CS(=O)(=O)C(C)(C)COC3CCCCO3)CCCCC1)C(C)(C)C)C2(C)C)C(=O)C(=O)NC1CC1. The molecule has 14 nitrogen and oxygen atoms in total.